The number of rotatable bonds is 10. The van der Waals surface area contributed by atoms with Crippen LogP contribution in [0.1, 0.15) is 83.1 Å². The van der Waals surface area contributed by atoms with Crippen molar-refractivity contribution < 1.29 is 22.3 Å². The molecule has 0 amide bonds. The fourth-order valence-electron chi connectivity index (χ4n) is 4.73. The number of hydrogen-bond acceptors (Lipinski definition) is 1. The zero-order chi connectivity index (χ0) is 23.8. The van der Waals surface area contributed by atoms with Crippen LogP contribution in [-0.2, 0) is 0 Å². The Balaban J connectivity index is 1.73. The van der Waals surface area contributed by atoms with E-state index >= 15 is 4.39 Å². The first-order valence-corrected chi connectivity index (χ1v) is 12.2. The van der Waals surface area contributed by atoms with Gasteiger partial charge in [-0.3, -0.25) is 0 Å². The summed E-state index contributed by atoms with van der Waals surface area (Å²) in [6.07, 6.45) is 12.6. The molecular weight excluding hydrogens is 428 g/mol. The quantitative estimate of drug-likeness (QED) is 0.194. The molecule has 1 fully saturated rings. The molecule has 0 radical (unpaired) electrons. The number of benzene rings is 2. The first kappa shape index (κ1) is 25.3. The Labute approximate surface area is 194 Å². The van der Waals surface area contributed by atoms with E-state index in [0.29, 0.717) is 11.5 Å². The van der Waals surface area contributed by atoms with Gasteiger partial charge >= 0.3 is 0 Å². The Bertz CT molecular complexity index is 945. The maximum atomic E-state index is 15.0. The highest BCUT2D eigenvalue weighted by atomic mass is 19.2. The monoisotopic (exact) mass is 462 g/mol. The van der Waals surface area contributed by atoms with Crippen molar-refractivity contribution in [2.45, 2.75) is 77.6 Å². The third-order valence-corrected chi connectivity index (χ3v) is 6.72. The molecule has 0 spiro atoms. The van der Waals surface area contributed by atoms with Crippen molar-refractivity contribution in [1.82, 2.24) is 0 Å². The number of hydrogen-bond donors (Lipinski definition) is 0. The van der Waals surface area contributed by atoms with Gasteiger partial charge in [0.25, 0.3) is 0 Å². The molecule has 1 aliphatic rings. The molecular formula is C28H34F4O. The molecule has 3 rings (SSSR count). The van der Waals surface area contributed by atoms with E-state index < -0.39 is 23.3 Å². The first-order chi connectivity index (χ1) is 16.0. The Morgan fingerprint density at radius 3 is 2.18 bits per heavy atom. The average Bonchev–Trinajstić information content (AvgIpc) is 2.82. The maximum absolute atomic E-state index is 15.0. The van der Waals surface area contributed by atoms with Gasteiger partial charge in [-0.2, -0.15) is 4.39 Å². The minimum Gasteiger partial charge on any atom is -0.490 e. The third-order valence-electron chi connectivity index (χ3n) is 6.72. The summed E-state index contributed by atoms with van der Waals surface area (Å²) < 4.78 is 64.5. The van der Waals surface area contributed by atoms with Gasteiger partial charge in [0.15, 0.2) is 23.2 Å². The minimum absolute atomic E-state index is 0.0491. The second-order valence-electron chi connectivity index (χ2n) is 8.99. The molecule has 0 heterocycles. The van der Waals surface area contributed by atoms with E-state index in [1.54, 1.807) is 0 Å². The molecule has 33 heavy (non-hydrogen) atoms. The van der Waals surface area contributed by atoms with Crippen LogP contribution in [0.3, 0.4) is 0 Å². The van der Waals surface area contributed by atoms with Crippen LogP contribution in [0.2, 0.25) is 0 Å². The van der Waals surface area contributed by atoms with Crippen LogP contribution >= 0.6 is 0 Å². The van der Waals surface area contributed by atoms with Gasteiger partial charge in [0.1, 0.15) is 0 Å². The maximum Gasteiger partial charge on any atom is 0.201 e. The smallest absolute Gasteiger partial charge is 0.201 e. The van der Waals surface area contributed by atoms with Crippen LogP contribution in [-0.4, -0.2) is 6.61 Å². The molecule has 1 nitrogen and oxygen atoms in total. The second kappa shape index (κ2) is 12.2. The largest absolute Gasteiger partial charge is 0.490 e. The van der Waals surface area contributed by atoms with Crippen molar-refractivity contribution in [3.8, 4) is 16.9 Å². The molecule has 0 saturated heterocycles. The van der Waals surface area contributed by atoms with Crippen LogP contribution in [0.25, 0.3) is 11.1 Å². The summed E-state index contributed by atoms with van der Waals surface area (Å²) in [5.74, 6) is -4.13. The first-order valence-electron chi connectivity index (χ1n) is 12.2. The Kier molecular flexibility index (Phi) is 9.40. The predicted octanol–water partition coefficient (Wildman–Crippen LogP) is 9.11. The number of ether oxygens (including phenoxy) is 1. The van der Waals surface area contributed by atoms with Gasteiger partial charge in [-0.05, 0) is 81.4 Å². The van der Waals surface area contributed by atoms with Crippen molar-refractivity contribution in [2.24, 2.45) is 5.92 Å². The molecule has 0 atom stereocenters. The van der Waals surface area contributed by atoms with Gasteiger partial charge in [0.2, 0.25) is 5.82 Å². The fourth-order valence-corrected chi connectivity index (χ4v) is 4.73. The molecule has 180 valence electrons. The molecule has 2 aromatic carbocycles. The lowest BCUT2D eigenvalue weighted by Crippen LogP contribution is -2.15. The lowest BCUT2D eigenvalue weighted by Gasteiger charge is -2.29. The van der Waals surface area contributed by atoms with E-state index in [1.807, 2.05) is 19.9 Å². The fraction of sp³-hybridized carbons (Fsp3) is 0.500. The Hall–Kier alpha value is -2.30. The Morgan fingerprint density at radius 1 is 0.848 bits per heavy atom. The zero-order valence-corrected chi connectivity index (χ0v) is 19.6. The van der Waals surface area contributed by atoms with Crippen molar-refractivity contribution >= 4 is 0 Å². The van der Waals surface area contributed by atoms with Crippen LogP contribution < -0.4 is 4.74 Å². The van der Waals surface area contributed by atoms with Gasteiger partial charge in [0, 0.05) is 11.1 Å². The van der Waals surface area contributed by atoms with Gasteiger partial charge in [-0.1, -0.05) is 44.1 Å². The summed E-state index contributed by atoms with van der Waals surface area (Å²) in [5, 5.41) is 0. The van der Waals surface area contributed by atoms with E-state index in [0.717, 1.165) is 57.8 Å². The SMILES string of the molecule is C/C=C/CCC1CCC(c2ccc(-c3ccc(OCCCCC)c(F)c3F)c(F)c2F)CC1. The highest BCUT2D eigenvalue weighted by Gasteiger charge is 2.27. The molecule has 0 bridgehead atoms. The zero-order valence-electron chi connectivity index (χ0n) is 19.6. The van der Waals surface area contributed by atoms with E-state index in [1.165, 1.54) is 24.3 Å². The summed E-state index contributed by atoms with van der Waals surface area (Å²) in [6, 6.07) is 5.43. The molecule has 1 aliphatic carbocycles. The predicted molar refractivity (Wildman–Crippen MR) is 125 cm³/mol. The summed E-state index contributed by atoms with van der Waals surface area (Å²) >= 11 is 0. The summed E-state index contributed by atoms with van der Waals surface area (Å²) in [4.78, 5) is 0. The lowest BCUT2D eigenvalue weighted by atomic mass is 9.77. The molecule has 2 aromatic rings. The van der Waals surface area contributed by atoms with Crippen molar-refractivity contribution in [1.29, 1.82) is 0 Å². The van der Waals surface area contributed by atoms with E-state index in [4.69, 9.17) is 4.74 Å². The third kappa shape index (κ3) is 6.18. The van der Waals surface area contributed by atoms with Gasteiger partial charge in [-0.15, -0.1) is 0 Å². The van der Waals surface area contributed by atoms with E-state index in [9.17, 15) is 13.2 Å². The summed E-state index contributed by atoms with van der Waals surface area (Å²) in [6.45, 7) is 4.32. The van der Waals surface area contributed by atoms with Crippen molar-refractivity contribution in [3.05, 3.63) is 65.2 Å². The van der Waals surface area contributed by atoms with Crippen molar-refractivity contribution in [3.63, 3.8) is 0 Å². The van der Waals surface area contributed by atoms with E-state index in [2.05, 4.69) is 6.08 Å². The van der Waals surface area contributed by atoms with Gasteiger partial charge in [-0.25, -0.2) is 13.2 Å². The van der Waals surface area contributed by atoms with Crippen LogP contribution in [0.4, 0.5) is 17.6 Å². The molecule has 0 aromatic heterocycles. The molecule has 5 heteroatoms. The minimum atomic E-state index is -1.23. The number of halogens is 4. The topological polar surface area (TPSA) is 9.23 Å². The Morgan fingerprint density at radius 2 is 1.52 bits per heavy atom. The van der Waals surface area contributed by atoms with Crippen LogP contribution in [0, 0.1) is 29.2 Å². The molecule has 0 unspecified atom stereocenters. The highest BCUT2D eigenvalue weighted by molar-refractivity contribution is 5.66. The highest BCUT2D eigenvalue weighted by Crippen LogP contribution is 2.41. The van der Waals surface area contributed by atoms with E-state index in [-0.39, 0.29) is 29.4 Å². The summed E-state index contributed by atoms with van der Waals surface area (Å²) in [5.41, 5.74) is -0.242. The van der Waals surface area contributed by atoms with Crippen molar-refractivity contribution in [2.75, 3.05) is 6.61 Å². The normalized spacial score (nSPS) is 18.7. The summed E-state index contributed by atoms with van der Waals surface area (Å²) in [7, 11) is 0. The second-order valence-corrected chi connectivity index (χ2v) is 8.99. The van der Waals surface area contributed by atoms with Crippen LogP contribution in [0.5, 0.6) is 5.75 Å². The lowest BCUT2D eigenvalue weighted by molar-refractivity contribution is 0.286. The van der Waals surface area contributed by atoms with Gasteiger partial charge in [0.05, 0.1) is 6.61 Å². The number of allylic oxidation sites excluding steroid dienone is 2. The molecule has 0 aliphatic heterocycles. The standard InChI is InChI=1S/C28H34F4O/c1-3-5-7-9-19-10-12-20(13-11-19)21-14-15-22(26(30)25(21)29)23-16-17-24(28(32)27(23)31)33-18-8-6-4-2/h3,5,14-17,19-20H,4,6-13,18H2,1-2H3/b5-3+. The van der Waals surface area contributed by atoms with Gasteiger partial charge < -0.3 is 4.74 Å². The number of unbranched alkanes of at least 4 members (excludes halogenated alkanes) is 2. The average molecular weight is 463 g/mol. The molecule has 1 saturated carbocycles. The van der Waals surface area contributed by atoms with Crippen LogP contribution in [0.15, 0.2) is 36.4 Å². The molecule has 0 N–H and O–H groups in total.